The Morgan fingerprint density at radius 2 is 2.38 bits per heavy atom. The zero-order valence-corrected chi connectivity index (χ0v) is 12.3. The smallest absolute Gasteiger partial charge is 0.256 e. The average Bonchev–Trinajstić information content (AvgIpc) is 2.52. The summed E-state index contributed by atoms with van der Waals surface area (Å²) < 4.78 is 19.4. The van der Waals surface area contributed by atoms with Crippen molar-refractivity contribution in [3.05, 3.63) is 29.6 Å². The number of nitrogens with zero attached hydrogens (tertiary/aromatic N) is 1. The molecule has 116 valence electrons. The molecular formula is C15H22FN3O2. The van der Waals surface area contributed by atoms with Gasteiger partial charge < -0.3 is 15.1 Å². The summed E-state index contributed by atoms with van der Waals surface area (Å²) in [4.78, 5) is 14.3. The molecule has 21 heavy (non-hydrogen) atoms. The molecule has 5 nitrogen and oxygen atoms in total. The van der Waals surface area contributed by atoms with Crippen LogP contribution in [0.1, 0.15) is 36.5 Å². The molecule has 1 aliphatic rings. The fourth-order valence-corrected chi connectivity index (χ4v) is 2.56. The number of likely N-dealkylation sites (tertiary alicyclic amines) is 1. The van der Waals surface area contributed by atoms with E-state index in [-0.39, 0.29) is 23.3 Å². The SMILES string of the molecule is CCCOC1CCCN(C(=O)c2cccc(F)c2NN)C1. The van der Waals surface area contributed by atoms with E-state index in [0.29, 0.717) is 19.7 Å². The number of nitrogen functional groups attached to an aromatic ring is 1. The molecule has 1 atom stereocenters. The molecule has 1 unspecified atom stereocenters. The zero-order valence-electron chi connectivity index (χ0n) is 12.3. The van der Waals surface area contributed by atoms with Gasteiger partial charge in [-0.15, -0.1) is 0 Å². The Hall–Kier alpha value is -1.66. The number of para-hydroxylation sites is 1. The summed E-state index contributed by atoms with van der Waals surface area (Å²) in [6, 6.07) is 4.37. The van der Waals surface area contributed by atoms with Gasteiger partial charge in [0.05, 0.1) is 17.4 Å². The normalized spacial score (nSPS) is 18.6. The van der Waals surface area contributed by atoms with Crippen LogP contribution in [0.4, 0.5) is 10.1 Å². The number of nitrogens with one attached hydrogen (secondary N) is 1. The minimum atomic E-state index is -0.529. The molecule has 1 amide bonds. The number of anilines is 1. The highest BCUT2D eigenvalue weighted by Gasteiger charge is 2.26. The number of halogens is 1. The van der Waals surface area contributed by atoms with E-state index in [9.17, 15) is 9.18 Å². The fraction of sp³-hybridized carbons (Fsp3) is 0.533. The number of hydrogen-bond donors (Lipinski definition) is 2. The van der Waals surface area contributed by atoms with Gasteiger partial charge in [0.15, 0.2) is 0 Å². The Morgan fingerprint density at radius 3 is 3.10 bits per heavy atom. The van der Waals surface area contributed by atoms with Crippen LogP contribution in [-0.4, -0.2) is 36.6 Å². The van der Waals surface area contributed by atoms with Gasteiger partial charge >= 0.3 is 0 Å². The second-order valence-electron chi connectivity index (χ2n) is 5.19. The largest absolute Gasteiger partial charge is 0.376 e. The number of nitrogens with two attached hydrogens (primary N) is 1. The molecule has 0 radical (unpaired) electrons. The number of rotatable bonds is 5. The van der Waals surface area contributed by atoms with Gasteiger partial charge in [-0.25, -0.2) is 4.39 Å². The Kier molecular flexibility index (Phi) is 5.52. The summed E-state index contributed by atoms with van der Waals surface area (Å²) in [5, 5.41) is 0. The van der Waals surface area contributed by atoms with Crippen molar-refractivity contribution in [3.63, 3.8) is 0 Å². The molecule has 0 aliphatic carbocycles. The first kappa shape index (κ1) is 15.7. The maximum absolute atomic E-state index is 13.7. The lowest BCUT2D eigenvalue weighted by Gasteiger charge is -2.33. The number of hydrogen-bond acceptors (Lipinski definition) is 4. The first-order chi connectivity index (χ1) is 10.2. The van der Waals surface area contributed by atoms with E-state index in [0.717, 1.165) is 19.3 Å². The Labute approximate surface area is 124 Å². The number of carbonyl (C=O) groups is 1. The Balaban J connectivity index is 2.11. The maximum Gasteiger partial charge on any atom is 0.256 e. The summed E-state index contributed by atoms with van der Waals surface area (Å²) >= 11 is 0. The second kappa shape index (κ2) is 7.38. The number of piperidine rings is 1. The van der Waals surface area contributed by atoms with Crippen LogP contribution in [-0.2, 0) is 4.74 Å². The lowest BCUT2D eigenvalue weighted by atomic mass is 10.1. The van der Waals surface area contributed by atoms with Crippen LogP contribution in [0.3, 0.4) is 0 Å². The van der Waals surface area contributed by atoms with Gasteiger partial charge in [0.25, 0.3) is 5.91 Å². The lowest BCUT2D eigenvalue weighted by Crippen LogP contribution is -2.43. The van der Waals surface area contributed by atoms with Crippen LogP contribution in [0.25, 0.3) is 0 Å². The Bertz CT molecular complexity index is 496. The molecule has 1 aliphatic heterocycles. The molecule has 0 saturated carbocycles. The number of ether oxygens (including phenoxy) is 1. The van der Waals surface area contributed by atoms with Crippen molar-refractivity contribution >= 4 is 11.6 Å². The van der Waals surface area contributed by atoms with E-state index >= 15 is 0 Å². The van der Waals surface area contributed by atoms with Gasteiger partial charge in [0.2, 0.25) is 0 Å². The third-order valence-electron chi connectivity index (χ3n) is 3.61. The van der Waals surface area contributed by atoms with E-state index < -0.39 is 5.82 Å². The van der Waals surface area contributed by atoms with Crippen molar-refractivity contribution in [2.45, 2.75) is 32.3 Å². The van der Waals surface area contributed by atoms with Crippen molar-refractivity contribution in [1.82, 2.24) is 4.90 Å². The van der Waals surface area contributed by atoms with Crippen LogP contribution in [0.15, 0.2) is 18.2 Å². The molecule has 0 aromatic heterocycles. The molecular weight excluding hydrogens is 273 g/mol. The standard InChI is InChI=1S/C15H22FN3O2/c1-2-9-21-11-5-4-8-19(10-11)15(20)12-6-3-7-13(16)14(12)18-17/h3,6-7,11,18H,2,4-5,8-10,17H2,1H3. The molecule has 1 fully saturated rings. The molecule has 3 N–H and O–H groups in total. The molecule has 6 heteroatoms. The zero-order chi connectivity index (χ0) is 15.2. The third kappa shape index (κ3) is 3.71. The van der Waals surface area contributed by atoms with Crippen LogP contribution in [0.5, 0.6) is 0 Å². The van der Waals surface area contributed by atoms with E-state index in [4.69, 9.17) is 10.6 Å². The molecule has 0 bridgehead atoms. The summed E-state index contributed by atoms with van der Waals surface area (Å²) in [5.74, 6) is 4.58. The van der Waals surface area contributed by atoms with E-state index in [1.807, 2.05) is 0 Å². The number of hydrazine groups is 1. The van der Waals surface area contributed by atoms with Crippen LogP contribution >= 0.6 is 0 Å². The summed E-state index contributed by atoms with van der Waals surface area (Å²) in [5.41, 5.74) is 2.57. The highest BCUT2D eigenvalue weighted by molar-refractivity contribution is 5.99. The van der Waals surface area contributed by atoms with E-state index in [1.165, 1.54) is 12.1 Å². The van der Waals surface area contributed by atoms with Crippen LogP contribution in [0.2, 0.25) is 0 Å². The molecule has 1 aromatic rings. The molecule has 1 heterocycles. The first-order valence-electron chi connectivity index (χ1n) is 7.33. The van der Waals surface area contributed by atoms with Crippen molar-refractivity contribution in [3.8, 4) is 0 Å². The fourth-order valence-electron chi connectivity index (χ4n) is 2.56. The van der Waals surface area contributed by atoms with Gasteiger partial charge in [-0.3, -0.25) is 10.6 Å². The monoisotopic (exact) mass is 295 g/mol. The quantitative estimate of drug-likeness (QED) is 0.645. The van der Waals surface area contributed by atoms with E-state index in [1.54, 1.807) is 11.0 Å². The molecule has 1 saturated heterocycles. The van der Waals surface area contributed by atoms with Gasteiger partial charge in [-0.05, 0) is 31.4 Å². The summed E-state index contributed by atoms with van der Waals surface area (Å²) in [6.07, 6.45) is 2.86. The summed E-state index contributed by atoms with van der Waals surface area (Å²) in [6.45, 7) is 3.95. The van der Waals surface area contributed by atoms with Crippen molar-refractivity contribution in [2.75, 3.05) is 25.1 Å². The van der Waals surface area contributed by atoms with Crippen molar-refractivity contribution < 1.29 is 13.9 Å². The van der Waals surface area contributed by atoms with Gasteiger partial charge in [-0.1, -0.05) is 13.0 Å². The number of benzene rings is 1. The van der Waals surface area contributed by atoms with Gasteiger partial charge in [-0.2, -0.15) is 0 Å². The minimum absolute atomic E-state index is 0.0408. The highest BCUT2D eigenvalue weighted by Crippen LogP contribution is 2.23. The molecule has 2 rings (SSSR count). The third-order valence-corrected chi connectivity index (χ3v) is 3.61. The molecule has 0 spiro atoms. The second-order valence-corrected chi connectivity index (χ2v) is 5.19. The van der Waals surface area contributed by atoms with Crippen LogP contribution in [0, 0.1) is 5.82 Å². The predicted octanol–water partition coefficient (Wildman–Crippen LogP) is 2.14. The lowest BCUT2D eigenvalue weighted by molar-refractivity contribution is 0.00213. The van der Waals surface area contributed by atoms with Crippen LogP contribution < -0.4 is 11.3 Å². The molecule has 1 aromatic carbocycles. The van der Waals surface area contributed by atoms with Crippen molar-refractivity contribution in [1.29, 1.82) is 0 Å². The Morgan fingerprint density at radius 1 is 1.57 bits per heavy atom. The van der Waals surface area contributed by atoms with Gasteiger partial charge in [0.1, 0.15) is 5.82 Å². The van der Waals surface area contributed by atoms with E-state index in [2.05, 4.69) is 12.3 Å². The highest BCUT2D eigenvalue weighted by atomic mass is 19.1. The number of amides is 1. The minimum Gasteiger partial charge on any atom is -0.376 e. The van der Waals surface area contributed by atoms with Gasteiger partial charge in [0, 0.05) is 19.7 Å². The maximum atomic E-state index is 13.7. The van der Waals surface area contributed by atoms with Crippen molar-refractivity contribution in [2.24, 2.45) is 5.84 Å². The first-order valence-corrected chi connectivity index (χ1v) is 7.33. The predicted molar refractivity (Wildman–Crippen MR) is 79.4 cm³/mol. The topological polar surface area (TPSA) is 67.6 Å². The average molecular weight is 295 g/mol. The summed E-state index contributed by atoms with van der Waals surface area (Å²) in [7, 11) is 0. The number of carbonyl (C=O) groups excluding carboxylic acids is 1.